The fourth-order valence-electron chi connectivity index (χ4n) is 1.85. The molecule has 9 heteroatoms. The number of azide groups is 1. The summed E-state index contributed by atoms with van der Waals surface area (Å²) in [5, 5.41) is 7.22. The molecule has 0 saturated heterocycles. The number of rotatable bonds is 5. The van der Waals surface area contributed by atoms with Crippen molar-refractivity contribution in [2.45, 2.75) is 13.5 Å². The van der Waals surface area contributed by atoms with E-state index in [9.17, 15) is 13.6 Å². The minimum absolute atomic E-state index is 0.00202. The number of carbonyl (C=O) groups is 1. The van der Waals surface area contributed by atoms with E-state index in [1.807, 2.05) is 0 Å². The monoisotopic (exact) mass is 307 g/mol. The van der Waals surface area contributed by atoms with Crippen LogP contribution in [-0.2, 0) is 11.3 Å². The molecule has 0 atom stereocenters. The van der Waals surface area contributed by atoms with Crippen molar-refractivity contribution in [1.29, 1.82) is 0 Å². The molecule has 114 valence electrons. The lowest BCUT2D eigenvalue weighted by Crippen LogP contribution is -2.04. The number of benzene rings is 1. The number of hydrogen-bond donors (Lipinski definition) is 0. The molecule has 2 aromatic rings. The van der Waals surface area contributed by atoms with Crippen LogP contribution < -0.4 is 0 Å². The Morgan fingerprint density at radius 3 is 2.68 bits per heavy atom. The molecule has 0 unspecified atom stereocenters. The molecule has 0 spiro atoms. The molecule has 0 saturated carbocycles. The average molecular weight is 307 g/mol. The number of esters is 1. The van der Waals surface area contributed by atoms with Gasteiger partial charge in [0.15, 0.2) is 5.82 Å². The Morgan fingerprint density at radius 1 is 1.41 bits per heavy atom. The fraction of sp³-hybridized carbons (Fsp3) is 0.231. The Balaban J connectivity index is 2.33. The minimum Gasteiger partial charge on any atom is -0.462 e. The van der Waals surface area contributed by atoms with Crippen LogP contribution in [0.2, 0.25) is 0 Å². The molecule has 1 aromatic carbocycles. The third-order valence-corrected chi connectivity index (χ3v) is 2.64. The van der Waals surface area contributed by atoms with Gasteiger partial charge in [0.25, 0.3) is 0 Å². The summed E-state index contributed by atoms with van der Waals surface area (Å²) in [4.78, 5) is 14.3. The summed E-state index contributed by atoms with van der Waals surface area (Å²) < 4.78 is 32.4. The summed E-state index contributed by atoms with van der Waals surface area (Å²) in [6.45, 7) is 1.78. The highest BCUT2D eigenvalue weighted by Gasteiger charge is 2.17. The molecule has 0 aliphatic heterocycles. The SMILES string of the molecule is CCOC(=O)c1cn(Cc2cc(F)cc(F)c2)nc1N=[N+]=[N-]. The zero-order valence-corrected chi connectivity index (χ0v) is 11.5. The molecule has 0 fully saturated rings. The molecule has 22 heavy (non-hydrogen) atoms. The highest BCUT2D eigenvalue weighted by atomic mass is 19.1. The van der Waals surface area contributed by atoms with E-state index in [4.69, 9.17) is 10.3 Å². The van der Waals surface area contributed by atoms with Crippen LogP contribution in [0.15, 0.2) is 29.5 Å². The Bertz CT molecular complexity index is 733. The lowest BCUT2D eigenvalue weighted by atomic mass is 10.2. The lowest BCUT2D eigenvalue weighted by Gasteiger charge is -2.02. The number of ether oxygens (including phenoxy) is 1. The summed E-state index contributed by atoms with van der Waals surface area (Å²) in [5.74, 6) is -2.29. The summed E-state index contributed by atoms with van der Waals surface area (Å²) >= 11 is 0. The highest BCUT2D eigenvalue weighted by Crippen LogP contribution is 2.19. The van der Waals surface area contributed by atoms with E-state index in [0.29, 0.717) is 5.56 Å². The minimum atomic E-state index is -0.719. The first kappa shape index (κ1) is 15.5. The molecule has 0 aliphatic rings. The normalized spacial score (nSPS) is 10.1. The standard InChI is InChI=1S/C13H11F2N5O2/c1-2-22-13(21)11-7-20(18-12(11)17-19-16)6-8-3-9(14)5-10(15)4-8/h3-5,7H,2,6H2,1H3. The maximum atomic E-state index is 13.2. The van der Waals surface area contributed by atoms with E-state index >= 15 is 0 Å². The number of hydrogen-bond acceptors (Lipinski definition) is 4. The van der Waals surface area contributed by atoms with Crippen molar-refractivity contribution in [3.05, 3.63) is 57.6 Å². The maximum absolute atomic E-state index is 13.2. The van der Waals surface area contributed by atoms with Gasteiger partial charge in [-0.1, -0.05) is 0 Å². The molecular weight excluding hydrogens is 296 g/mol. The predicted molar refractivity (Wildman–Crippen MR) is 72.4 cm³/mol. The topological polar surface area (TPSA) is 92.9 Å². The zero-order valence-electron chi connectivity index (χ0n) is 11.5. The van der Waals surface area contributed by atoms with Gasteiger partial charge in [-0.2, -0.15) is 5.10 Å². The second-order valence-corrected chi connectivity index (χ2v) is 4.25. The van der Waals surface area contributed by atoms with Crippen LogP contribution in [0.3, 0.4) is 0 Å². The molecule has 0 N–H and O–H groups in total. The summed E-state index contributed by atoms with van der Waals surface area (Å²) in [6.07, 6.45) is 1.30. The highest BCUT2D eigenvalue weighted by molar-refractivity contribution is 5.93. The van der Waals surface area contributed by atoms with Gasteiger partial charge in [0, 0.05) is 17.2 Å². The quantitative estimate of drug-likeness (QED) is 0.367. The van der Waals surface area contributed by atoms with Gasteiger partial charge in [0.1, 0.15) is 17.2 Å². The van der Waals surface area contributed by atoms with Crippen molar-refractivity contribution in [1.82, 2.24) is 9.78 Å². The first-order valence-corrected chi connectivity index (χ1v) is 6.28. The van der Waals surface area contributed by atoms with E-state index in [1.54, 1.807) is 6.92 Å². The van der Waals surface area contributed by atoms with Crippen molar-refractivity contribution in [3.8, 4) is 0 Å². The van der Waals surface area contributed by atoms with Crippen molar-refractivity contribution in [2.75, 3.05) is 6.61 Å². The number of aromatic nitrogens is 2. The lowest BCUT2D eigenvalue weighted by molar-refractivity contribution is 0.0527. The van der Waals surface area contributed by atoms with Crippen LogP contribution in [0.1, 0.15) is 22.8 Å². The van der Waals surface area contributed by atoms with Gasteiger partial charge in [-0.15, -0.1) is 0 Å². The molecule has 0 bridgehead atoms. The average Bonchev–Trinajstić information content (AvgIpc) is 2.81. The number of nitrogens with zero attached hydrogens (tertiary/aromatic N) is 5. The van der Waals surface area contributed by atoms with Crippen LogP contribution in [0.25, 0.3) is 10.4 Å². The van der Waals surface area contributed by atoms with Crippen LogP contribution in [-0.4, -0.2) is 22.4 Å². The van der Waals surface area contributed by atoms with Gasteiger partial charge in [-0.05, 0) is 35.3 Å². The smallest absolute Gasteiger partial charge is 0.341 e. The molecule has 0 amide bonds. The fourth-order valence-corrected chi connectivity index (χ4v) is 1.85. The summed E-state index contributed by atoms with van der Waals surface area (Å²) in [5.41, 5.74) is 8.78. The molecule has 2 rings (SSSR count). The third-order valence-electron chi connectivity index (χ3n) is 2.64. The van der Waals surface area contributed by atoms with Crippen molar-refractivity contribution in [3.63, 3.8) is 0 Å². The Labute approximate surface area is 123 Å². The summed E-state index contributed by atoms with van der Waals surface area (Å²) in [6, 6.07) is 3.03. The summed E-state index contributed by atoms with van der Waals surface area (Å²) in [7, 11) is 0. The molecule has 0 aliphatic carbocycles. The van der Waals surface area contributed by atoms with Gasteiger partial charge in [-0.25, -0.2) is 13.6 Å². The van der Waals surface area contributed by atoms with E-state index in [0.717, 1.165) is 18.2 Å². The molecule has 1 aromatic heterocycles. The second-order valence-electron chi connectivity index (χ2n) is 4.25. The second kappa shape index (κ2) is 6.68. The van der Waals surface area contributed by atoms with E-state index in [-0.39, 0.29) is 24.5 Å². The van der Waals surface area contributed by atoms with Gasteiger partial charge in [-0.3, -0.25) is 4.68 Å². The van der Waals surface area contributed by atoms with Crippen molar-refractivity contribution >= 4 is 11.8 Å². The first-order valence-electron chi connectivity index (χ1n) is 6.28. The van der Waals surface area contributed by atoms with Crippen molar-refractivity contribution < 1.29 is 18.3 Å². The third kappa shape index (κ3) is 3.58. The number of halogens is 2. The Kier molecular flexibility index (Phi) is 4.70. The Hall–Kier alpha value is -2.93. The Morgan fingerprint density at radius 2 is 2.09 bits per heavy atom. The van der Waals surface area contributed by atoms with Crippen LogP contribution in [0, 0.1) is 11.6 Å². The van der Waals surface area contributed by atoms with Crippen LogP contribution in [0.4, 0.5) is 14.6 Å². The van der Waals surface area contributed by atoms with Gasteiger partial charge < -0.3 is 4.74 Å². The van der Waals surface area contributed by atoms with Crippen LogP contribution >= 0.6 is 0 Å². The van der Waals surface area contributed by atoms with E-state index < -0.39 is 17.6 Å². The first-order chi connectivity index (χ1) is 10.5. The molecule has 1 heterocycles. The number of carbonyl (C=O) groups excluding carboxylic acids is 1. The van der Waals surface area contributed by atoms with E-state index in [2.05, 4.69) is 15.1 Å². The van der Waals surface area contributed by atoms with Gasteiger partial charge >= 0.3 is 5.97 Å². The zero-order chi connectivity index (χ0) is 16.1. The van der Waals surface area contributed by atoms with Crippen LogP contribution in [0.5, 0.6) is 0 Å². The van der Waals surface area contributed by atoms with E-state index in [1.165, 1.54) is 10.9 Å². The van der Waals surface area contributed by atoms with Gasteiger partial charge in [0.2, 0.25) is 0 Å². The molecular formula is C13H11F2N5O2. The van der Waals surface area contributed by atoms with Gasteiger partial charge in [0.05, 0.1) is 13.2 Å². The maximum Gasteiger partial charge on any atom is 0.341 e. The molecule has 7 nitrogen and oxygen atoms in total. The van der Waals surface area contributed by atoms with Crippen molar-refractivity contribution in [2.24, 2.45) is 5.11 Å². The predicted octanol–water partition coefficient (Wildman–Crippen LogP) is 3.33. The molecule has 0 radical (unpaired) electrons. The largest absolute Gasteiger partial charge is 0.462 e.